The van der Waals surface area contributed by atoms with Gasteiger partial charge in [-0.25, -0.2) is 8.42 Å². The predicted molar refractivity (Wildman–Crippen MR) is 103 cm³/mol. The summed E-state index contributed by atoms with van der Waals surface area (Å²) in [6, 6.07) is 15.4. The molecular formula is C20H24N2O3S. The molecule has 3 rings (SSSR count). The van der Waals surface area contributed by atoms with Gasteiger partial charge in [0.05, 0.1) is 5.69 Å². The van der Waals surface area contributed by atoms with Gasteiger partial charge in [0.15, 0.2) is 0 Å². The summed E-state index contributed by atoms with van der Waals surface area (Å²) in [5.41, 5.74) is 0.796. The van der Waals surface area contributed by atoms with E-state index in [1.165, 1.54) is 4.31 Å². The fourth-order valence-electron chi connectivity index (χ4n) is 3.37. The second-order valence-corrected chi connectivity index (χ2v) is 8.60. The van der Waals surface area contributed by atoms with Crippen molar-refractivity contribution < 1.29 is 13.2 Å². The van der Waals surface area contributed by atoms with Crippen LogP contribution in [0.1, 0.15) is 42.5 Å². The lowest BCUT2D eigenvalue weighted by molar-refractivity contribution is 0.102. The standard InChI is InChI=1S/C20H24N2O3S/c1-22(17-12-6-3-7-13-17)26(24,25)19-15-9-8-14-18(19)21-20(23)16-10-4-2-5-11-16/h2,4-5,8-11,14-15,17H,3,6-7,12-13H2,1H3,(H,21,23). The SMILES string of the molecule is CN(C1CCCCC1)S(=O)(=O)c1ccccc1NC(=O)c1ccccc1. The number of anilines is 1. The molecule has 26 heavy (non-hydrogen) atoms. The summed E-state index contributed by atoms with van der Waals surface area (Å²) < 4.78 is 27.8. The highest BCUT2D eigenvalue weighted by Gasteiger charge is 2.31. The molecule has 138 valence electrons. The number of hydrogen-bond donors (Lipinski definition) is 1. The summed E-state index contributed by atoms with van der Waals surface area (Å²) in [6.45, 7) is 0. The van der Waals surface area contributed by atoms with E-state index in [2.05, 4.69) is 5.32 Å². The van der Waals surface area contributed by atoms with Crippen LogP contribution in [-0.4, -0.2) is 31.7 Å². The first-order valence-corrected chi connectivity index (χ1v) is 10.4. The third-order valence-corrected chi connectivity index (χ3v) is 6.89. The minimum atomic E-state index is -3.68. The molecule has 1 fully saturated rings. The molecule has 1 N–H and O–H groups in total. The Morgan fingerprint density at radius 2 is 1.58 bits per heavy atom. The molecule has 0 atom stereocenters. The van der Waals surface area contributed by atoms with E-state index >= 15 is 0 Å². The molecule has 1 aliphatic rings. The molecule has 2 aromatic rings. The topological polar surface area (TPSA) is 66.5 Å². The number of benzene rings is 2. The summed E-state index contributed by atoms with van der Waals surface area (Å²) in [7, 11) is -2.04. The van der Waals surface area contributed by atoms with Crippen molar-refractivity contribution in [1.29, 1.82) is 0 Å². The fraction of sp³-hybridized carbons (Fsp3) is 0.350. The number of sulfonamides is 1. The monoisotopic (exact) mass is 372 g/mol. The van der Waals surface area contributed by atoms with E-state index in [9.17, 15) is 13.2 Å². The van der Waals surface area contributed by atoms with E-state index < -0.39 is 10.0 Å². The molecule has 5 nitrogen and oxygen atoms in total. The molecule has 0 aliphatic heterocycles. The first-order valence-electron chi connectivity index (χ1n) is 8.93. The number of amides is 1. The highest BCUT2D eigenvalue weighted by Crippen LogP contribution is 2.30. The van der Waals surface area contributed by atoms with E-state index in [0.29, 0.717) is 11.3 Å². The Morgan fingerprint density at radius 1 is 0.962 bits per heavy atom. The summed E-state index contributed by atoms with van der Waals surface area (Å²) in [5, 5.41) is 2.75. The number of carbonyl (C=O) groups excluding carboxylic acids is 1. The van der Waals surface area contributed by atoms with Crippen LogP contribution in [0.25, 0.3) is 0 Å². The van der Waals surface area contributed by atoms with Gasteiger partial charge >= 0.3 is 0 Å². The van der Waals surface area contributed by atoms with E-state index in [1.807, 2.05) is 6.07 Å². The number of hydrogen-bond acceptors (Lipinski definition) is 3. The van der Waals surface area contributed by atoms with Gasteiger partial charge in [0.2, 0.25) is 10.0 Å². The van der Waals surface area contributed by atoms with Crippen LogP contribution in [0.2, 0.25) is 0 Å². The third kappa shape index (κ3) is 3.97. The van der Waals surface area contributed by atoms with Crippen LogP contribution in [0.5, 0.6) is 0 Å². The van der Waals surface area contributed by atoms with Crippen molar-refractivity contribution in [3.8, 4) is 0 Å². The lowest BCUT2D eigenvalue weighted by atomic mass is 9.96. The highest BCUT2D eigenvalue weighted by atomic mass is 32.2. The maximum Gasteiger partial charge on any atom is 0.255 e. The quantitative estimate of drug-likeness (QED) is 0.866. The first kappa shape index (κ1) is 18.6. The normalized spacial score (nSPS) is 15.8. The highest BCUT2D eigenvalue weighted by molar-refractivity contribution is 7.89. The minimum absolute atomic E-state index is 0.0200. The Hall–Kier alpha value is -2.18. The van der Waals surface area contributed by atoms with Crippen LogP contribution in [0.4, 0.5) is 5.69 Å². The number of nitrogens with zero attached hydrogens (tertiary/aromatic N) is 1. The van der Waals surface area contributed by atoms with Gasteiger partial charge in [-0.3, -0.25) is 4.79 Å². The molecule has 1 aliphatic carbocycles. The zero-order valence-electron chi connectivity index (χ0n) is 14.9. The van der Waals surface area contributed by atoms with Gasteiger partial charge in [0, 0.05) is 18.7 Å². The van der Waals surface area contributed by atoms with Gasteiger partial charge in [-0.05, 0) is 37.1 Å². The molecule has 0 bridgehead atoms. The van der Waals surface area contributed by atoms with E-state index in [1.54, 1.807) is 55.6 Å². The van der Waals surface area contributed by atoms with E-state index in [-0.39, 0.29) is 16.8 Å². The molecular weight excluding hydrogens is 348 g/mol. The Balaban J connectivity index is 1.87. The van der Waals surface area contributed by atoms with Crippen molar-refractivity contribution >= 4 is 21.6 Å². The molecule has 0 unspecified atom stereocenters. The van der Waals surface area contributed by atoms with Crippen LogP contribution >= 0.6 is 0 Å². The summed E-state index contributed by atoms with van der Waals surface area (Å²) in [6.07, 6.45) is 5.03. The third-order valence-electron chi connectivity index (χ3n) is 4.92. The molecule has 0 heterocycles. The van der Waals surface area contributed by atoms with Crippen molar-refractivity contribution in [2.24, 2.45) is 0 Å². The number of rotatable bonds is 5. The van der Waals surface area contributed by atoms with Crippen molar-refractivity contribution in [1.82, 2.24) is 4.31 Å². The molecule has 0 saturated heterocycles. The van der Waals surface area contributed by atoms with Crippen LogP contribution < -0.4 is 5.32 Å². The number of carbonyl (C=O) groups is 1. The van der Waals surface area contributed by atoms with Crippen molar-refractivity contribution in [3.05, 3.63) is 60.2 Å². The minimum Gasteiger partial charge on any atom is -0.321 e. The Kier molecular flexibility index (Phi) is 5.74. The summed E-state index contributed by atoms with van der Waals surface area (Å²) in [4.78, 5) is 12.6. The molecule has 0 aromatic heterocycles. The average Bonchev–Trinajstić information content (AvgIpc) is 2.69. The zero-order chi connectivity index (χ0) is 18.6. The lowest BCUT2D eigenvalue weighted by Crippen LogP contribution is -2.38. The van der Waals surface area contributed by atoms with Gasteiger partial charge < -0.3 is 5.32 Å². The van der Waals surface area contributed by atoms with Crippen molar-refractivity contribution in [2.45, 2.75) is 43.0 Å². The maximum atomic E-state index is 13.1. The van der Waals surface area contributed by atoms with Crippen LogP contribution in [-0.2, 0) is 10.0 Å². The molecule has 6 heteroatoms. The Morgan fingerprint density at radius 3 is 2.27 bits per heavy atom. The van der Waals surface area contributed by atoms with Gasteiger partial charge in [-0.1, -0.05) is 49.6 Å². The van der Waals surface area contributed by atoms with E-state index in [4.69, 9.17) is 0 Å². The molecule has 1 amide bonds. The average molecular weight is 372 g/mol. The molecule has 2 aromatic carbocycles. The van der Waals surface area contributed by atoms with Gasteiger partial charge in [0.25, 0.3) is 5.91 Å². The van der Waals surface area contributed by atoms with Crippen LogP contribution in [0, 0.1) is 0 Å². The summed E-state index contributed by atoms with van der Waals surface area (Å²) in [5.74, 6) is -0.325. The van der Waals surface area contributed by atoms with Gasteiger partial charge in [-0.2, -0.15) is 4.31 Å². The second-order valence-electron chi connectivity index (χ2n) is 6.63. The van der Waals surface area contributed by atoms with Gasteiger partial charge in [-0.15, -0.1) is 0 Å². The molecule has 0 radical (unpaired) electrons. The summed E-state index contributed by atoms with van der Waals surface area (Å²) >= 11 is 0. The van der Waals surface area contributed by atoms with Crippen LogP contribution in [0.15, 0.2) is 59.5 Å². The smallest absolute Gasteiger partial charge is 0.255 e. The molecule has 1 saturated carbocycles. The number of para-hydroxylation sites is 1. The Bertz CT molecular complexity index is 860. The predicted octanol–water partition coefficient (Wildman–Crippen LogP) is 3.89. The lowest BCUT2D eigenvalue weighted by Gasteiger charge is -2.30. The molecule has 0 spiro atoms. The Labute approximate surface area is 155 Å². The van der Waals surface area contributed by atoms with Crippen molar-refractivity contribution in [3.63, 3.8) is 0 Å². The fourth-order valence-corrected chi connectivity index (χ4v) is 4.94. The maximum absolute atomic E-state index is 13.1. The zero-order valence-corrected chi connectivity index (χ0v) is 15.7. The van der Waals surface area contributed by atoms with Crippen molar-refractivity contribution in [2.75, 3.05) is 12.4 Å². The second kappa shape index (κ2) is 8.01. The first-order chi connectivity index (χ1) is 12.5. The van der Waals surface area contributed by atoms with Crippen LogP contribution in [0.3, 0.4) is 0 Å². The van der Waals surface area contributed by atoms with E-state index in [0.717, 1.165) is 32.1 Å². The van der Waals surface area contributed by atoms with Gasteiger partial charge in [0.1, 0.15) is 4.90 Å². The number of nitrogens with one attached hydrogen (secondary N) is 1. The largest absolute Gasteiger partial charge is 0.321 e.